The summed E-state index contributed by atoms with van der Waals surface area (Å²) >= 11 is 0. The SMILES string of the molecule is CN(Cc1ccc(OC(F)(F)F)cc1)C(=O)CCn1cncn1. The van der Waals surface area contributed by atoms with Gasteiger partial charge in [-0.2, -0.15) is 5.10 Å². The molecule has 0 N–H and O–H groups in total. The number of hydrogen-bond donors (Lipinski definition) is 0. The Labute approximate surface area is 130 Å². The number of alkyl halides is 3. The largest absolute Gasteiger partial charge is 0.573 e. The maximum absolute atomic E-state index is 12.1. The molecule has 0 aliphatic rings. The summed E-state index contributed by atoms with van der Waals surface area (Å²) in [6.07, 6.45) is -1.55. The summed E-state index contributed by atoms with van der Waals surface area (Å²) in [6.45, 7) is 0.712. The van der Waals surface area contributed by atoms with Gasteiger partial charge in [-0.3, -0.25) is 9.48 Å². The van der Waals surface area contributed by atoms with Crippen LogP contribution in [0.1, 0.15) is 12.0 Å². The van der Waals surface area contributed by atoms with Crippen LogP contribution in [0.4, 0.5) is 13.2 Å². The molecule has 0 aliphatic carbocycles. The zero-order valence-electron chi connectivity index (χ0n) is 12.3. The Morgan fingerprint density at radius 2 is 2.00 bits per heavy atom. The molecule has 0 fully saturated rings. The van der Waals surface area contributed by atoms with Crippen molar-refractivity contribution in [3.05, 3.63) is 42.5 Å². The molecule has 0 aliphatic heterocycles. The van der Waals surface area contributed by atoms with Crippen molar-refractivity contribution in [1.82, 2.24) is 19.7 Å². The number of rotatable bonds is 6. The molecule has 0 spiro atoms. The third-order valence-corrected chi connectivity index (χ3v) is 3.02. The molecule has 2 rings (SSSR count). The molecule has 0 radical (unpaired) electrons. The Bertz CT molecular complexity index is 626. The van der Waals surface area contributed by atoms with E-state index in [-0.39, 0.29) is 18.1 Å². The lowest BCUT2D eigenvalue weighted by Gasteiger charge is -2.17. The van der Waals surface area contributed by atoms with Crippen LogP contribution in [0.2, 0.25) is 0 Å². The number of hydrogen-bond acceptors (Lipinski definition) is 4. The second kappa shape index (κ2) is 7.12. The molecule has 1 aromatic carbocycles. The summed E-state index contributed by atoms with van der Waals surface area (Å²) in [5.41, 5.74) is 0.705. The first-order chi connectivity index (χ1) is 10.8. The number of aromatic nitrogens is 3. The topological polar surface area (TPSA) is 60.2 Å². The summed E-state index contributed by atoms with van der Waals surface area (Å²) in [6, 6.07) is 5.41. The van der Waals surface area contributed by atoms with E-state index in [0.29, 0.717) is 18.7 Å². The van der Waals surface area contributed by atoms with E-state index in [2.05, 4.69) is 14.8 Å². The minimum absolute atomic E-state index is 0.101. The van der Waals surface area contributed by atoms with Crippen molar-refractivity contribution in [3.8, 4) is 5.75 Å². The van der Waals surface area contributed by atoms with Gasteiger partial charge in [-0.25, -0.2) is 4.98 Å². The second-order valence-electron chi connectivity index (χ2n) is 4.85. The van der Waals surface area contributed by atoms with Crippen LogP contribution in [0.3, 0.4) is 0 Å². The highest BCUT2D eigenvalue weighted by molar-refractivity contribution is 5.75. The van der Waals surface area contributed by atoms with E-state index in [0.717, 1.165) is 0 Å². The van der Waals surface area contributed by atoms with Gasteiger partial charge in [0.25, 0.3) is 0 Å². The number of carbonyl (C=O) groups excluding carboxylic acids is 1. The number of carbonyl (C=O) groups is 1. The Morgan fingerprint density at radius 3 is 2.57 bits per heavy atom. The number of amides is 1. The fourth-order valence-electron chi connectivity index (χ4n) is 1.91. The van der Waals surface area contributed by atoms with E-state index >= 15 is 0 Å². The quantitative estimate of drug-likeness (QED) is 0.816. The molecule has 1 heterocycles. The number of halogens is 3. The van der Waals surface area contributed by atoms with Crippen LogP contribution in [0, 0.1) is 0 Å². The molecule has 1 aromatic heterocycles. The van der Waals surface area contributed by atoms with Gasteiger partial charge in [0.1, 0.15) is 18.4 Å². The van der Waals surface area contributed by atoms with Crippen molar-refractivity contribution in [2.45, 2.75) is 25.9 Å². The molecule has 0 saturated heterocycles. The zero-order chi connectivity index (χ0) is 16.9. The first-order valence-corrected chi connectivity index (χ1v) is 6.74. The van der Waals surface area contributed by atoms with Crippen molar-refractivity contribution >= 4 is 5.91 Å². The summed E-state index contributed by atoms with van der Waals surface area (Å²) < 4.78 is 41.6. The fraction of sp³-hybridized carbons (Fsp3) is 0.357. The van der Waals surface area contributed by atoms with Gasteiger partial charge in [0, 0.05) is 20.0 Å². The van der Waals surface area contributed by atoms with E-state index in [1.165, 1.54) is 41.8 Å². The summed E-state index contributed by atoms with van der Waals surface area (Å²) in [5.74, 6) is -0.391. The van der Waals surface area contributed by atoms with Crippen molar-refractivity contribution < 1.29 is 22.7 Å². The van der Waals surface area contributed by atoms with Crippen molar-refractivity contribution in [2.75, 3.05) is 7.05 Å². The molecule has 0 bridgehead atoms. The summed E-state index contributed by atoms with van der Waals surface area (Å²) in [4.78, 5) is 17.3. The van der Waals surface area contributed by atoms with Crippen LogP contribution in [0.15, 0.2) is 36.9 Å². The molecule has 9 heteroatoms. The minimum Gasteiger partial charge on any atom is -0.406 e. The molecule has 0 unspecified atom stereocenters. The lowest BCUT2D eigenvalue weighted by molar-refractivity contribution is -0.274. The third kappa shape index (κ3) is 5.61. The molecule has 124 valence electrons. The van der Waals surface area contributed by atoms with E-state index in [9.17, 15) is 18.0 Å². The van der Waals surface area contributed by atoms with Gasteiger partial charge in [-0.05, 0) is 17.7 Å². The maximum Gasteiger partial charge on any atom is 0.573 e. The smallest absolute Gasteiger partial charge is 0.406 e. The zero-order valence-corrected chi connectivity index (χ0v) is 12.3. The average Bonchev–Trinajstić information content (AvgIpc) is 2.98. The molecule has 2 aromatic rings. The average molecular weight is 328 g/mol. The van der Waals surface area contributed by atoms with Gasteiger partial charge < -0.3 is 9.64 Å². The van der Waals surface area contributed by atoms with Crippen LogP contribution >= 0.6 is 0 Å². The van der Waals surface area contributed by atoms with Crippen LogP contribution in [-0.2, 0) is 17.9 Å². The molecule has 0 saturated carbocycles. The van der Waals surface area contributed by atoms with E-state index in [1.807, 2.05) is 0 Å². The first-order valence-electron chi connectivity index (χ1n) is 6.74. The third-order valence-electron chi connectivity index (χ3n) is 3.02. The van der Waals surface area contributed by atoms with Gasteiger partial charge in [0.2, 0.25) is 5.91 Å². The highest BCUT2D eigenvalue weighted by atomic mass is 19.4. The van der Waals surface area contributed by atoms with Gasteiger partial charge in [0.05, 0.1) is 6.54 Å². The fourth-order valence-corrected chi connectivity index (χ4v) is 1.91. The standard InChI is InChI=1S/C14H15F3N4O2/c1-20(13(22)6-7-21-10-18-9-19-21)8-11-2-4-12(5-3-11)23-14(15,16)17/h2-5,9-10H,6-8H2,1H3. The highest BCUT2D eigenvalue weighted by Crippen LogP contribution is 2.23. The Kier molecular flexibility index (Phi) is 5.20. The van der Waals surface area contributed by atoms with Crippen LogP contribution in [0.5, 0.6) is 5.75 Å². The van der Waals surface area contributed by atoms with Crippen LogP contribution < -0.4 is 4.74 Å². The van der Waals surface area contributed by atoms with E-state index in [4.69, 9.17) is 0 Å². The number of aryl methyl sites for hydroxylation is 1. The van der Waals surface area contributed by atoms with Crippen LogP contribution in [0.25, 0.3) is 0 Å². The monoisotopic (exact) mass is 328 g/mol. The molecule has 0 atom stereocenters. The van der Waals surface area contributed by atoms with Crippen molar-refractivity contribution in [3.63, 3.8) is 0 Å². The molecule has 23 heavy (non-hydrogen) atoms. The number of ether oxygens (including phenoxy) is 1. The Balaban J connectivity index is 1.84. The lowest BCUT2D eigenvalue weighted by Crippen LogP contribution is -2.27. The van der Waals surface area contributed by atoms with Crippen LogP contribution in [-0.4, -0.2) is 39.0 Å². The van der Waals surface area contributed by atoms with Crippen molar-refractivity contribution in [2.24, 2.45) is 0 Å². The number of nitrogens with zero attached hydrogens (tertiary/aromatic N) is 4. The van der Waals surface area contributed by atoms with Gasteiger partial charge in [-0.15, -0.1) is 13.2 Å². The second-order valence-corrected chi connectivity index (χ2v) is 4.85. The predicted molar refractivity (Wildman–Crippen MR) is 74.2 cm³/mol. The lowest BCUT2D eigenvalue weighted by atomic mass is 10.2. The van der Waals surface area contributed by atoms with Gasteiger partial charge in [-0.1, -0.05) is 12.1 Å². The molecule has 6 nitrogen and oxygen atoms in total. The highest BCUT2D eigenvalue weighted by Gasteiger charge is 2.30. The summed E-state index contributed by atoms with van der Waals surface area (Å²) in [5, 5.41) is 3.90. The minimum atomic E-state index is -4.71. The number of benzene rings is 1. The van der Waals surface area contributed by atoms with Gasteiger partial charge >= 0.3 is 6.36 Å². The summed E-state index contributed by atoms with van der Waals surface area (Å²) in [7, 11) is 1.63. The molecular formula is C14H15F3N4O2. The van der Waals surface area contributed by atoms with E-state index < -0.39 is 6.36 Å². The first kappa shape index (κ1) is 16.8. The molecular weight excluding hydrogens is 313 g/mol. The Hall–Kier alpha value is -2.58. The predicted octanol–water partition coefficient (Wildman–Crippen LogP) is 2.23. The maximum atomic E-state index is 12.1. The van der Waals surface area contributed by atoms with E-state index in [1.54, 1.807) is 11.7 Å². The van der Waals surface area contributed by atoms with Crippen molar-refractivity contribution in [1.29, 1.82) is 0 Å². The molecule has 1 amide bonds. The van der Waals surface area contributed by atoms with Gasteiger partial charge in [0.15, 0.2) is 0 Å². The normalized spacial score (nSPS) is 11.3. The Morgan fingerprint density at radius 1 is 1.30 bits per heavy atom.